The molecule has 0 spiro atoms. The lowest BCUT2D eigenvalue weighted by molar-refractivity contribution is 0.340. The molecule has 0 bridgehead atoms. The molecule has 0 unspecified atom stereocenters. The number of rotatable bonds is 6. The molecular weight excluding hydrogens is 224 g/mol. The molecule has 18 heavy (non-hydrogen) atoms. The van der Waals surface area contributed by atoms with Crippen molar-refractivity contribution in [2.24, 2.45) is 0 Å². The quantitative estimate of drug-likeness (QED) is 0.838. The minimum Gasteiger partial charge on any atom is -0.494 e. The average Bonchev–Trinajstić information content (AvgIpc) is 2.90. The smallest absolute Gasteiger partial charge is 0.121 e. The van der Waals surface area contributed by atoms with E-state index in [1.807, 2.05) is 37.5 Å². The second-order valence-electron chi connectivity index (χ2n) is 4.13. The lowest BCUT2D eigenvalue weighted by Crippen LogP contribution is -2.05. The van der Waals surface area contributed by atoms with Crippen LogP contribution >= 0.6 is 0 Å². The van der Waals surface area contributed by atoms with Crippen LogP contribution in [0.4, 0.5) is 5.69 Å². The molecule has 0 aliphatic carbocycles. The highest BCUT2D eigenvalue weighted by Crippen LogP contribution is 2.26. The van der Waals surface area contributed by atoms with Gasteiger partial charge in [0.05, 0.1) is 18.0 Å². The first-order chi connectivity index (χ1) is 8.85. The Morgan fingerprint density at radius 3 is 2.61 bits per heavy atom. The van der Waals surface area contributed by atoms with Crippen molar-refractivity contribution in [1.82, 2.24) is 4.57 Å². The third-order valence-corrected chi connectivity index (χ3v) is 2.73. The minimum absolute atomic E-state index is 0.691. The fraction of sp³-hybridized carbons (Fsp3) is 0.333. The standard InChI is InChI=1S/C15H20N2O/c1-3-9-16-14-12-13(18-4-2)7-8-15(14)17-10-5-6-11-17/h5-8,10-12,16H,3-4,9H2,1-2H3. The van der Waals surface area contributed by atoms with Crippen LogP contribution in [0.3, 0.4) is 0 Å². The first kappa shape index (κ1) is 12.6. The molecule has 0 saturated carbocycles. The molecule has 96 valence electrons. The molecule has 0 atom stereocenters. The molecule has 0 fully saturated rings. The van der Waals surface area contributed by atoms with E-state index >= 15 is 0 Å². The summed E-state index contributed by atoms with van der Waals surface area (Å²) in [5.41, 5.74) is 2.26. The number of ether oxygens (including phenoxy) is 1. The van der Waals surface area contributed by atoms with Gasteiger partial charge >= 0.3 is 0 Å². The zero-order valence-electron chi connectivity index (χ0n) is 11.0. The highest BCUT2D eigenvalue weighted by Gasteiger charge is 2.05. The van der Waals surface area contributed by atoms with E-state index in [2.05, 4.69) is 28.9 Å². The van der Waals surface area contributed by atoms with Gasteiger partial charge in [0.1, 0.15) is 5.75 Å². The van der Waals surface area contributed by atoms with E-state index < -0.39 is 0 Å². The van der Waals surface area contributed by atoms with Crippen molar-refractivity contribution in [2.45, 2.75) is 20.3 Å². The normalized spacial score (nSPS) is 10.3. The van der Waals surface area contributed by atoms with Crippen LogP contribution in [-0.4, -0.2) is 17.7 Å². The van der Waals surface area contributed by atoms with Crippen LogP contribution in [0.25, 0.3) is 5.69 Å². The van der Waals surface area contributed by atoms with Gasteiger partial charge in [-0.1, -0.05) is 6.92 Å². The summed E-state index contributed by atoms with van der Waals surface area (Å²) in [5, 5.41) is 3.45. The summed E-state index contributed by atoms with van der Waals surface area (Å²) in [6.45, 7) is 5.81. The van der Waals surface area contributed by atoms with Gasteiger partial charge in [-0.25, -0.2) is 0 Å². The molecule has 3 heteroatoms. The maximum Gasteiger partial charge on any atom is 0.121 e. The molecule has 2 aromatic rings. The summed E-state index contributed by atoms with van der Waals surface area (Å²) in [4.78, 5) is 0. The Kier molecular flexibility index (Phi) is 4.29. The zero-order valence-corrected chi connectivity index (χ0v) is 11.0. The van der Waals surface area contributed by atoms with Crippen molar-refractivity contribution in [3.05, 3.63) is 42.7 Å². The molecule has 0 amide bonds. The largest absolute Gasteiger partial charge is 0.494 e. The highest BCUT2D eigenvalue weighted by molar-refractivity contribution is 5.64. The molecule has 1 N–H and O–H groups in total. The Balaban J connectivity index is 2.32. The van der Waals surface area contributed by atoms with E-state index in [-0.39, 0.29) is 0 Å². The van der Waals surface area contributed by atoms with Crippen molar-refractivity contribution in [3.63, 3.8) is 0 Å². The Bertz CT molecular complexity index is 477. The van der Waals surface area contributed by atoms with Crippen molar-refractivity contribution in [1.29, 1.82) is 0 Å². The predicted molar refractivity (Wildman–Crippen MR) is 75.7 cm³/mol. The molecule has 1 heterocycles. The third kappa shape index (κ3) is 2.86. The van der Waals surface area contributed by atoms with Crippen LogP contribution in [0, 0.1) is 0 Å². The maximum absolute atomic E-state index is 5.55. The Hall–Kier alpha value is -1.90. The van der Waals surface area contributed by atoms with E-state index in [0.29, 0.717) is 6.61 Å². The Morgan fingerprint density at radius 2 is 1.94 bits per heavy atom. The molecular formula is C15H20N2O. The van der Waals surface area contributed by atoms with Crippen LogP contribution in [0.1, 0.15) is 20.3 Å². The summed E-state index contributed by atoms with van der Waals surface area (Å²) in [5.74, 6) is 0.909. The monoisotopic (exact) mass is 244 g/mol. The van der Waals surface area contributed by atoms with Gasteiger partial charge in [-0.15, -0.1) is 0 Å². The fourth-order valence-electron chi connectivity index (χ4n) is 1.89. The first-order valence-corrected chi connectivity index (χ1v) is 6.49. The molecule has 0 aliphatic rings. The number of benzene rings is 1. The first-order valence-electron chi connectivity index (χ1n) is 6.49. The second-order valence-corrected chi connectivity index (χ2v) is 4.13. The lowest BCUT2D eigenvalue weighted by Gasteiger charge is -2.14. The molecule has 1 aromatic heterocycles. The van der Waals surface area contributed by atoms with Gasteiger partial charge in [0.2, 0.25) is 0 Å². The van der Waals surface area contributed by atoms with E-state index in [9.17, 15) is 0 Å². The minimum atomic E-state index is 0.691. The SMILES string of the molecule is CCCNc1cc(OCC)ccc1-n1cccc1. The third-order valence-electron chi connectivity index (χ3n) is 2.73. The van der Waals surface area contributed by atoms with Crippen LogP contribution in [0.2, 0.25) is 0 Å². The van der Waals surface area contributed by atoms with Crippen molar-refractivity contribution < 1.29 is 4.74 Å². The summed E-state index contributed by atoms with van der Waals surface area (Å²) < 4.78 is 7.65. The fourth-order valence-corrected chi connectivity index (χ4v) is 1.89. The van der Waals surface area contributed by atoms with E-state index in [1.165, 1.54) is 0 Å². The van der Waals surface area contributed by atoms with Gasteiger partial charge < -0.3 is 14.6 Å². The van der Waals surface area contributed by atoms with Gasteiger partial charge in [0.15, 0.2) is 0 Å². The average molecular weight is 244 g/mol. The molecule has 0 aliphatic heterocycles. The summed E-state index contributed by atoms with van der Waals surface area (Å²) in [6, 6.07) is 10.2. The molecule has 2 rings (SSSR count). The van der Waals surface area contributed by atoms with Crippen LogP contribution < -0.4 is 10.1 Å². The predicted octanol–water partition coefficient (Wildman–Crippen LogP) is 3.70. The summed E-state index contributed by atoms with van der Waals surface area (Å²) in [6.07, 6.45) is 5.20. The molecule has 0 radical (unpaired) electrons. The molecule has 0 saturated heterocycles. The molecule has 3 nitrogen and oxygen atoms in total. The Morgan fingerprint density at radius 1 is 1.17 bits per heavy atom. The van der Waals surface area contributed by atoms with E-state index in [1.54, 1.807) is 0 Å². The maximum atomic E-state index is 5.55. The van der Waals surface area contributed by atoms with Gasteiger partial charge in [0.25, 0.3) is 0 Å². The van der Waals surface area contributed by atoms with Crippen molar-refractivity contribution in [3.8, 4) is 11.4 Å². The van der Waals surface area contributed by atoms with Gasteiger partial charge in [0, 0.05) is 25.0 Å². The van der Waals surface area contributed by atoms with Crippen LogP contribution in [0.5, 0.6) is 5.75 Å². The number of anilines is 1. The number of hydrogen-bond donors (Lipinski definition) is 1. The van der Waals surface area contributed by atoms with Crippen molar-refractivity contribution in [2.75, 3.05) is 18.5 Å². The van der Waals surface area contributed by atoms with E-state index in [0.717, 1.165) is 30.1 Å². The highest BCUT2D eigenvalue weighted by atomic mass is 16.5. The van der Waals surface area contributed by atoms with Crippen LogP contribution in [0.15, 0.2) is 42.7 Å². The van der Waals surface area contributed by atoms with Gasteiger partial charge in [-0.3, -0.25) is 0 Å². The van der Waals surface area contributed by atoms with E-state index in [4.69, 9.17) is 4.74 Å². The number of hydrogen-bond acceptors (Lipinski definition) is 2. The Labute approximate surface area is 108 Å². The number of nitrogens with one attached hydrogen (secondary N) is 1. The second kappa shape index (κ2) is 6.15. The molecule has 1 aromatic carbocycles. The van der Waals surface area contributed by atoms with Gasteiger partial charge in [-0.2, -0.15) is 0 Å². The van der Waals surface area contributed by atoms with Gasteiger partial charge in [-0.05, 0) is 37.6 Å². The zero-order chi connectivity index (χ0) is 12.8. The summed E-state index contributed by atoms with van der Waals surface area (Å²) in [7, 11) is 0. The lowest BCUT2D eigenvalue weighted by atomic mass is 10.2. The van der Waals surface area contributed by atoms with Crippen molar-refractivity contribution >= 4 is 5.69 Å². The topological polar surface area (TPSA) is 26.2 Å². The summed E-state index contributed by atoms with van der Waals surface area (Å²) >= 11 is 0. The number of nitrogens with zero attached hydrogens (tertiary/aromatic N) is 1. The van der Waals surface area contributed by atoms with Crippen LogP contribution in [-0.2, 0) is 0 Å². The number of aromatic nitrogens is 1.